The highest BCUT2D eigenvalue weighted by molar-refractivity contribution is 5.92. The van der Waals surface area contributed by atoms with Gasteiger partial charge in [-0.25, -0.2) is 14.0 Å². The van der Waals surface area contributed by atoms with E-state index in [0.29, 0.717) is 30.3 Å². The summed E-state index contributed by atoms with van der Waals surface area (Å²) in [5.74, 6) is -1.10. The van der Waals surface area contributed by atoms with Crippen LogP contribution in [0.25, 0.3) is 0 Å². The van der Waals surface area contributed by atoms with E-state index in [1.165, 1.54) is 43.5 Å². The van der Waals surface area contributed by atoms with Crippen molar-refractivity contribution in [3.63, 3.8) is 0 Å². The first-order valence-electron chi connectivity index (χ1n) is 8.44. The fourth-order valence-electron chi connectivity index (χ4n) is 2.35. The molecule has 0 amide bonds. The minimum atomic E-state index is -1.31. The summed E-state index contributed by atoms with van der Waals surface area (Å²) in [5.41, 5.74) is 0.477. The van der Waals surface area contributed by atoms with Crippen LogP contribution in [0.5, 0.6) is 11.5 Å². The second-order valence-corrected chi connectivity index (χ2v) is 5.39. The van der Waals surface area contributed by atoms with Crippen LogP contribution in [0.2, 0.25) is 0 Å². The summed E-state index contributed by atoms with van der Waals surface area (Å²) in [6, 6.07) is 9.63. The van der Waals surface area contributed by atoms with Crippen molar-refractivity contribution < 1.29 is 32.9 Å². The van der Waals surface area contributed by atoms with E-state index in [2.05, 4.69) is 0 Å². The summed E-state index contributed by atoms with van der Waals surface area (Å²) in [7, 11) is 1.18. The summed E-state index contributed by atoms with van der Waals surface area (Å²) in [6.07, 6.45) is -1.31. The van der Waals surface area contributed by atoms with Crippen LogP contribution in [0.3, 0.4) is 0 Å². The summed E-state index contributed by atoms with van der Waals surface area (Å²) >= 11 is 0. The van der Waals surface area contributed by atoms with Crippen LogP contribution >= 0.6 is 0 Å². The van der Waals surface area contributed by atoms with Crippen molar-refractivity contribution in [1.82, 2.24) is 0 Å². The Labute approximate surface area is 156 Å². The van der Waals surface area contributed by atoms with Crippen molar-refractivity contribution in [2.24, 2.45) is 0 Å². The first kappa shape index (κ1) is 20.2. The monoisotopic (exact) mass is 376 g/mol. The van der Waals surface area contributed by atoms with Gasteiger partial charge in [0.2, 0.25) is 6.10 Å². The normalized spacial score (nSPS) is 11.4. The number of benzene rings is 2. The van der Waals surface area contributed by atoms with Crippen LogP contribution in [-0.2, 0) is 14.3 Å². The standard InChI is InChI=1S/C20H21FO6/c1-4-25-16-11-8-14(12-17(16)26-5-2)19(22)27-18(20(23)24-3)13-6-9-15(21)10-7-13/h6-12,18H,4-5H2,1-3H3/t18-/m0/s1. The minimum absolute atomic E-state index is 0.179. The Bertz CT molecular complexity index is 788. The molecule has 0 aliphatic carbocycles. The molecule has 27 heavy (non-hydrogen) atoms. The highest BCUT2D eigenvalue weighted by Crippen LogP contribution is 2.30. The molecule has 2 aromatic carbocycles. The van der Waals surface area contributed by atoms with Gasteiger partial charge >= 0.3 is 11.9 Å². The third-order valence-electron chi connectivity index (χ3n) is 3.59. The maximum Gasteiger partial charge on any atom is 0.351 e. The average Bonchev–Trinajstić information content (AvgIpc) is 2.68. The van der Waals surface area contributed by atoms with E-state index in [-0.39, 0.29) is 5.56 Å². The van der Waals surface area contributed by atoms with Gasteiger partial charge in [-0.2, -0.15) is 0 Å². The quantitative estimate of drug-likeness (QED) is 0.655. The van der Waals surface area contributed by atoms with Gasteiger partial charge in [0.25, 0.3) is 0 Å². The molecule has 0 unspecified atom stereocenters. The molecule has 0 radical (unpaired) electrons. The number of methoxy groups -OCH3 is 1. The van der Waals surface area contributed by atoms with Crippen LogP contribution in [0.1, 0.15) is 35.9 Å². The van der Waals surface area contributed by atoms with Gasteiger partial charge in [-0.3, -0.25) is 0 Å². The van der Waals surface area contributed by atoms with Gasteiger partial charge in [0.15, 0.2) is 11.5 Å². The maximum absolute atomic E-state index is 13.1. The van der Waals surface area contributed by atoms with E-state index in [0.717, 1.165) is 0 Å². The van der Waals surface area contributed by atoms with Gasteiger partial charge in [0.1, 0.15) is 5.82 Å². The molecule has 0 aromatic heterocycles. The van der Waals surface area contributed by atoms with Crippen molar-refractivity contribution in [2.75, 3.05) is 20.3 Å². The third-order valence-corrected chi connectivity index (χ3v) is 3.59. The molecule has 144 valence electrons. The Hall–Kier alpha value is -3.09. The van der Waals surface area contributed by atoms with E-state index < -0.39 is 23.9 Å². The molecule has 0 N–H and O–H groups in total. The van der Waals surface area contributed by atoms with E-state index >= 15 is 0 Å². The fourth-order valence-corrected chi connectivity index (χ4v) is 2.35. The zero-order chi connectivity index (χ0) is 19.8. The second-order valence-electron chi connectivity index (χ2n) is 5.39. The Balaban J connectivity index is 2.27. The smallest absolute Gasteiger partial charge is 0.351 e. The lowest BCUT2D eigenvalue weighted by Gasteiger charge is -2.17. The van der Waals surface area contributed by atoms with Crippen molar-refractivity contribution >= 4 is 11.9 Å². The number of rotatable bonds is 8. The largest absolute Gasteiger partial charge is 0.490 e. The molecule has 0 spiro atoms. The van der Waals surface area contributed by atoms with Crippen LogP contribution in [0.4, 0.5) is 4.39 Å². The molecule has 0 saturated carbocycles. The highest BCUT2D eigenvalue weighted by atomic mass is 19.1. The van der Waals surface area contributed by atoms with Gasteiger partial charge in [-0.15, -0.1) is 0 Å². The Morgan fingerprint density at radius 2 is 1.59 bits per heavy atom. The van der Waals surface area contributed by atoms with Gasteiger partial charge in [-0.1, -0.05) is 12.1 Å². The van der Waals surface area contributed by atoms with Gasteiger partial charge in [0.05, 0.1) is 25.9 Å². The summed E-state index contributed by atoms with van der Waals surface area (Å²) < 4.78 is 34.1. The molecular formula is C20H21FO6. The Kier molecular flexibility index (Phi) is 7.16. The molecular weight excluding hydrogens is 355 g/mol. The summed E-state index contributed by atoms with van der Waals surface area (Å²) in [5, 5.41) is 0. The van der Waals surface area contributed by atoms with Crippen molar-refractivity contribution in [3.8, 4) is 11.5 Å². The molecule has 0 fully saturated rings. The van der Waals surface area contributed by atoms with E-state index in [1.807, 2.05) is 13.8 Å². The maximum atomic E-state index is 13.1. The van der Waals surface area contributed by atoms with Gasteiger partial charge < -0.3 is 18.9 Å². The average molecular weight is 376 g/mol. The number of esters is 2. The fraction of sp³-hybridized carbons (Fsp3) is 0.300. The molecule has 7 heteroatoms. The van der Waals surface area contributed by atoms with E-state index in [1.54, 1.807) is 6.07 Å². The van der Waals surface area contributed by atoms with Crippen LogP contribution in [0.15, 0.2) is 42.5 Å². The summed E-state index contributed by atoms with van der Waals surface area (Å²) in [4.78, 5) is 24.6. The first-order chi connectivity index (χ1) is 13.0. The van der Waals surface area contributed by atoms with Gasteiger partial charge in [-0.05, 0) is 44.2 Å². The van der Waals surface area contributed by atoms with Crippen molar-refractivity contribution in [3.05, 3.63) is 59.4 Å². The minimum Gasteiger partial charge on any atom is -0.490 e. The van der Waals surface area contributed by atoms with Crippen molar-refractivity contribution in [1.29, 1.82) is 0 Å². The molecule has 6 nitrogen and oxygen atoms in total. The van der Waals surface area contributed by atoms with E-state index in [4.69, 9.17) is 18.9 Å². The second kappa shape index (κ2) is 9.56. The first-order valence-corrected chi connectivity index (χ1v) is 8.44. The molecule has 2 aromatic rings. The highest BCUT2D eigenvalue weighted by Gasteiger charge is 2.27. The number of hydrogen-bond donors (Lipinski definition) is 0. The lowest BCUT2D eigenvalue weighted by Crippen LogP contribution is -2.21. The van der Waals surface area contributed by atoms with Crippen LogP contribution < -0.4 is 9.47 Å². The summed E-state index contributed by atoms with van der Waals surface area (Å²) in [6.45, 7) is 4.47. The number of carbonyl (C=O) groups excluding carboxylic acids is 2. The number of ether oxygens (including phenoxy) is 4. The predicted molar refractivity (Wildman–Crippen MR) is 95.4 cm³/mol. The zero-order valence-corrected chi connectivity index (χ0v) is 15.4. The molecule has 0 saturated heterocycles. The number of halogens is 1. The van der Waals surface area contributed by atoms with Crippen LogP contribution in [-0.4, -0.2) is 32.3 Å². The Morgan fingerprint density at radius 3 is 2.19 bits per heavy atom. The van der Waals surface area contributed by atoms with E-state index in [9.17, 15) is 14.0 Å². The molecule has 0 aliphatic heterocycles. The topological polar surface area (TPSA) is 71.1 Å². The Morgan fingerprint density at radius 1 is 0.963 bits per heavy atom. The van der Waals surface area contributed by atoms with Gasteiger partial charge in [0, 0.05) is 5.56 Å². The number of carbonyl (C=O) groups is 2. The lowest BCUT2D eigenvalue weighted by molar-refractivity contribution is -0.151. The number of hydrogen-bond acceptors (Lipinski definition) is 6. The molecule has 1 atom stereocenters. The lowest BCUT2D eigenvalue weighted by atomic mass is 10.1. The molecule has 0 bridgehead atoms. The third kappa shape index (κ3) is 5.20. The van der Waals surface area contributed by atoms with Crippen LogP contribution in [0, 0.1) is 5.82 Å². The molecule has 0 heterocycles. The molecule has 0 aliphatic rings. The SMILES string of the molecule is CCOc1ccc(C(=O)O[C@H](C(=O)OC)c2ccc(F)cc2)cc1OCC. The van der Waals surface area contributed by atoms with Crippen molar-refractivity contribution in [2.45, 2.75) is 20.0 Å². The predicted octanol–water partition coefficient (Wildman–Crippen LogP) is 3.69. The zero-order valence-electron chi connectivity index (χ0n) is 15.4. The molecule has 2 rings (SSSR count).